The second-order valence-corrected chi connectivity index (χ2v) is 7.73. The average molecular weight is 452 g/mol. The number of aliphatic hydroxyl groups excluding tert-OH is 1. The van der Waals surface area contributed by atoms with Gasteiger partial charge in [0.1, 0.15) is 5.69 Å². The van der Waals surface area contributed by atoms with Crippen molar-refractivity contribution >= 4 is 17.4 Å². The van der Waals surface area contributed by atoms with Gasteiger partial charge >= 0.3 is 23.0 Å². The smallest absolute Gasteiger partial charge is 0.421 e. The Morgan fingerprint density at radius 1 is 1.13 bits per heavy atom. The molecule has 0 saturated carbocycles. The Bertz CT molecular complexity index is 1060. The van der Waals surface area contributed by atoms with Crippen molar-refractivity contribution in [3.05, 3.63) is 34.1 Å². The van der Waals surface area contributed by atoms with E-state index < -0.39 is 36.4 Å². The van der Waals surface area contributed by atoms with Crippen LogP contribution in [0.2, 0.25) is 0 Å². The highest BCUT2D eigenvalue weighted by molar-refractivity contribution is 7.09. The molecular formula is C17H15F5N3O4S+. The molecule has 7 nitrogen and oxygen atoms in total. The van der Waals surface area contributed by atoms with Gasteiger partial charge in [-0.3, -0.25) is 4.90 Å². The van der Waals surface area contributed by atoms with Gasteiger partial charge < -0.3 is 14.6 Å². The number of likely N-dealkylation sites (tertiary alicyclic amines) is 1. The molecule has 2 amide bonds. The summed E-state index contributed by atoms with van der Waals surface area (Å²) in [4.78, 5) is 13.6. The highest BCUT2D eigenvalue weighted by Gasteiger charge is 2.66. The van der Waals surface area contributed by atoms with Crippen molar-refractivity contribution in [2.75, 3.05) is 13.1 Å². The van der Waals surface area contributed by atoms with Crippen LogP contribution < -0.4 is 19.1 Å². The molecule has 0 unspecified atom stereocenters. The van der Waals surface area contributed by atoms with E-state index in [1.165, 1.54) is 17.2 Å². The molecule has 13 heteroatoms. The van der Waals surface area contributed by atoms with Gasteiger partial charge in [0.2, 0.25) is 0 Å². The monoisotopic (exact) mass is 452 g/mol. The van der Waals surface area contributed by atoms with Crippen LogP contribution >= 0.6 is 11.3 Å². The molecule has 1 aromatic heterocycles. The third kappa shape index (κ3) is 3.41. The molecule has 0 radical (unpaired) electrons. The molecule has 1 N–H and O–H groups in total. The summed E-state index contributed by atoms with van der Waals surface area (Å²) in [6.07, 6.45) is -6.99. The molecule has 2 aliphatic rings. The number of nitrogens with zero attached hydrogens (tertiary/aromatic N) is 3. The van der Waals surface area contributed by atoms with Crippen LogP contribution in [0.15, 0.2) is 24.4 Å². The van der Waals surface area contributed by atoms with Crippen LogP contribution in [0.1, 0.15) is 17.7 Å². The van der Waals surface area contributed by atoms with Gasteiger partial charge in [-0.15, -0.1) is 0 Å². The molecular weight excluding hydrogens is 437 g/mol. The normalized spacial score (nSPS) is 20.3. The van der Waals surface area contributed by atoms with Crippen molar-refractivity contribution in [1.29, 1.82) is 0 Å². The van der Waals surface area contributed by atoms with Gasteiger partial charge in [-0.05, 0) is 29.5 Å². The van der Waals surface area contributed by atoms with Gasteiger partial charge in [-0.1, -0.05) is 11.3 Å². The second-order valence-electron chi connectivity index (χ2n) is 6.63. The Balaban J connectivity index is 1.80. The third-order valence-electron chi connectivity index (χ3n) is 4.59. The number of urea groups is 1. The van der Waals surface area contributed by atoms with Crippen molar-refractivity contribution in [1.82, 2.24) is 14.3 Å². The van der Waals surface area contributed by atoms with Crippen molar-refractivity contribution < 1.29 is 41.4 Å². The van der Waals surface area contributed by atoms with Crippen LogP contribution in [0.4, 0.5) is 26.8 Å². The number of hydrogen-bond donors (Lipinski definition) is 1. The van der Waals surface area contributed by atoms with Crippen LogP contribution in [-0.2, 0) is 6.61 Å². The third-order valence-corrected chi connectivity index (χ3v) is 5.63. The summed E-state index contributed by atoms with van der Waals surface area (Å²) < 4.78 is 77.8. The standard InChI is InChI=1S/C17H15F5N3O4S/c18-16(19)17(20,21)29-13-7-10(3-4-12(13)28-16)24-8-11(9-26)30-15(24)25(22)14(27)23-5-1-2-6-23/h3-4,7-8,26H,1-2,5-6,9H2/q+1. The topological polar surface area (TPSA) is 66.9 Å². The predicted octanol–water partition coefficient (Wildman–Crippen LogP) is 2.86. The summed E-state index contributed by atoms with van der Waals surface area (Å²) in [6.45, 7) is 0.320. The Labute approximate surface area is 169 Å². The summed E-state index contributed by atoms with van der Waals surface area (Å²) >= 11 is 0.763. The molecule has 0 spiro atoms. The zero-order valence-electron chi connectivity index (χ0n) is 15.2. The van der Waals surface area contributed by atoms with E-state index in [1.54, 1.807) is 0 Å². The van der Waals surface area contributed by atoms with Gasteiger partial charge in [-0.2, -0.15) is 17.6 Å². The van der Waals surface area contributed by atoms with E-state index in [9.17, 15) is 31.9 Å². The number of aliphatic hydroxyl groups is 1. The number of ether oxygens (including phenoxy) is 2. The molecule has 4 rings (SSSR count). The summed E-state index contributed by atoms with van der Waals surface area (Å²) in [5.74, 6) is -1.31. The van der Waals surface area contributed by atoms with E-state index in [2.05, 4.69) is 9.47 Å². The second kappa shape index (κ2) is 7.23. The van der Waals surface area contributed by atoms with Gasteiger partial charge in [0.05, 0.1) is 30.8 Å². The number of fused-ring (bicyclic) bond motifs is 1. The first-order valence-corrected chi connectivity index (χ1v) is 9.63. The minimum absolute atomic E-state index is 0.0289. The van der Waals surface area contributed by atoms with E-state index in [-0.39, 0.29) is 20.2 Å². The molecule has 2 aliphatic heterocycles. The maximum absolute atomic E-state index is 14.9. The van der Waals surface area contributed by atoms with Gasteiger partial charge in [0.25, 0.3) is 0 Å². The highest BCUT2D eigenvalue weighted by Crippen LogP contribution is 2.47. The number of benzene rings is 1. The Hall–Kier alpha value is -2.67. The molecule has 30 heavy (non-hydrogen) atoms. The van der Waals surface area contributed by atoms with Crippen LogP contribution in [0.5, 0.6) is 11.5 Å². The number of carbonyl (C=O) groups excluding carboxylic acids is 1. The largest absolute Gasteiger partial charge is 0.507 e. The van der Waals surface area contributed by atoms with Gasteiger partial charge in [0.15, 0.2) is 11.5 Å². The van der Waals surface area contributed by atoms with Gasteiger partial charge in [0, 0.05) is 10.9 Å². The molecule has 2 aromatic rings. The van der Waals surface area contributed by atoms with Crippen LogP contribution in [0.25, 0.3) is 5.69 Å². The average Bonchev–Trinajstić information content (AvgIpc) is 3.37. The molecule has 3 heterocycles. The lowest BCUT2D eigenvalue weighted by molar-refractivity contribution is -0.391. The van der Waals surface area contributed by atoms with E-state index in [4.69, 9.17) is 0 Å². The van der Waals surface area contributed by atoms with Gasteiger partial charge in [-0.25, -0.2) is 9.36 Å². The summed E-state index contributed by atoms with van der Waals surface area (Å²) in [5, 5.41) is 9.41. The Morgan fingerprint density at radius 3 is 2.40 bits per heavy atom. The highest BCUT2D eigenvalue weighted by atomic mass is 32.1. The first-order chi connectivity index (χ1) is 14.1. The lowest BCUT2D eigenvalue weighted by Crippen LogP contribution is -2.52. The number of halogens is 5. The van der Waals surface area contributed by atoms with Crippen LogP contribution in [0, 0.1) is 0 Å². The molecule has 1 saturated heterocycles. The lowest BCUT2D eigenvalue weighted by atomic mass is 10.2. The molecule has 1 aromatic carbocycles. The SMILES string of the molecule is O=C(N1CCCC1)/[N+](F)=c1/sc(CO)cn1-c1ccc2c(c1)OC(F)(F)C(F)(F)O2. The number of thiazole rings is 1. The fourth-order valence-corrected chi connectivity index (χ4v) is 3.98. The first-order valence-electron chi connectivity index (χ1n) is 8.81. The fourth-order valence-electron chi connectivity index (χ4n) is 3.10. The molecule has 0 atom stereocenters. The quantitative estimate of drug-likeness (QED) is 0.562. The van der Waals surface area contributed by atoms with Crippen molar-refractivity contribution in [2.24, 2.45) is 0 Å². The zero-order valence-corrected chi connectivity index (χ0v) is 16.0. The molecule has 162 valence electrons. The van der Waals surface area contributed by atoms with Crippen LogP contribution in [-0.4, -0.2) is 45.9 Å². The number of amides is 2. The minimum Gasteiger partial charge on any atom is -0.421 e. The maximum Gasteiger partial charge on any atom is 0.507 e. The molecule has 0 aliphatic carbocycles. The van der Waals surface area contributed by atoms with Crippen molar-refractivity contribution in [3.63, 3.8) is 0 Å². The number of rotatable bonds is 2. The summed E-state index contributed by atoms with van der Waals surface area (Å²) in [5.41, 5.74) is 0.0289. The Kier molecular flexibility index (Phi) is 4.97. The Morgan fingerprint density at radius 2 is 1.77 bits per heavy atom. The lowest BCUT2D eigenvalue weighted by Gasteiger charge is -2.31. The number of hydrogen-bond acceptors (Lipinski definition) is 5. The van der Waals surface area contributed by atoms with E-state index in [0.717, 1.165) is 40.9 Å². The molecule has 1 fully saturated rings. The van der Waals surface area contributed by atoms with E-state index in [1.807, 2.05) is 0 Å². The summed E-state index contributed by atoms with van der Waals surface area (Å²) in [6, 6.07) is 2.21. The maximum atomic E-state index is 14.9. The van der Waals surface area contributed by atoms with E-state index in [0.29, 0.717) is 13.1 Å². The van der Waals surface area contributed by atoms with Crippen molar-refractivity contribution in [2.45, 2.75) is 31.7 Å². The molecule has 0 bridgehead atoms. The number of carbonyl (C=O) groups is 1. The fraction of sp³-hybridized carbons (Fsp3) is 0.412. The van der Waals surface area contributed by atoms with Crippen LogP contribution in [0.3, 0.4) is 0 Å². The first kappa shape index (κ1) is 20.6. The van der Waals surface area contributed by atoms with E-state index >= 15 is 0 Å². The minimum atomic E-state index is -4.91. The number of alkyl halides is 4. The predicted molar refractivity (Wildman–Crippen MR) is 93.3 cm³/mol. The number of aromatic nitrogens is 1. The summed E-state index contributed by atoms with van der Waals surface area (Å²) in [7, 11) is 0. The van der Waals surface area contributed by atoms with Crippen molar-refractivity contribution in [3.8, 4) is 17.2 Å². The zero-order chi connectivity index (χ0) is 21.7.